The number of ether oxygens (including phenoxy) is 1. The van der Waals surface area contributed by atoms with Crippen LogP contribution in [0.1, 0.15) is 29.8 Å². The third kappa shape index (κ3) is 5.33. The first-order valence-corrected chi connectivity index (χ1v) is 9.30. The maximum atomic E-state index is 12.5. The van der Waals surface area contributed by atoms with Crippen LogP contribution >= 0.6 is 0 Å². The molecular weight excluding hydrogens is 352 g/mol. The van der Waals surface area contributed by atoms with Crippen molar-refractivity contribution in [2.24, 2.45) is 5.92 Å². The zero-order valence-electron chi connectivity index (χ0n) is 16.1. The summed E-state index contributed by atoms with van der Waals surface area (Å²) < 4.78 is 7.32. The zero-order chi connectivity index (χ0) is 19.9. The zero-order valence-corrected chi connectivity index (χ0v) is 16.1. The maximum absolute atomic E-state index is 12.5. The Bertz CT molecular complexity index is 991. The van der Waals surface area contributed by atoms with Crippen molar-refractivity contribution >= 4 is 11.6 Å². The van der Waals surface area contributed by atoms with Gasteiger partial charge in [-0.15, -0.1) is 0 Å². The third-order valence-corrected chi connectivity index (χ3v) is 4.14. The van der Waals surface area contributed by atoms with Gasteiger partial charge in [0.05, 0.1) is 13.2 Å². The van der Waals surface area contributed by atoms with E-state index in [-0.39, 0.29) is 11.5 Å². The van der Waals surface area contributed by atoms with Crippen molar-refractivity contribution < 1.29 is 9.53 Å². The molecule has 1 aromatic heterocycles. The number of aromatic nitrogens is 1. The largest absolute Gasteiger partial charge is 0.493 e. The van der Waals surface area contributed by atoms with Crippen LogP contribution in [0.4, 0.5) is 5.69 Å². The molecule has 28 heavy (non-hydrogen) atoms. The van der Waals surface area contributed by atoms with Crippen LogP contribution in [0, 0.1) is 5.92 Å². The van der Waals surface area contributed by atoms with Crippen molar-refractivity contribution in [2.45, 2.75) is 20.4 Å². The van der Waals surface area contributed by atoms with E-state index in [0.717, 1.165) is 5.56 Å². The number of hydrogen-bond acceptors (Lipinski definition) is 3. The first-order valence-electron chi connectivity index (χ1n) is 9.30. The van der Waals surface area contributed by atoms with Crippen molar-refractivity contribution in [3.8, 4) is 5.75 Å². The van der Waals surface area contributed by atoms with Gasteiger partial charge in [0.2, 0.25) is 0 Å². The molecule has 0 aliphatic heterocycles. The van der Waals surface area contributed by atoms with E-state index in [0.29, 0.717) is 36.1 Å². The second-order valence-electron chi connectivity index (χ2n) is 7.05. The molecule has 3 rings (SSSR count). The number of hydrogen-bond donors (Lipinski definition) is 1. The van der Waals surface area contributed by atoms with Crippen molar-refractivity contribution in [3.05, 3.63) is 94.4 Å². The predicted octanol–water partition coefficient (Wildman–Crippen LogP) is 4.18. The smallest absolute Gasteiger partial charge is 0.255 e. The fraction of sp³-hybridized carbons (Fsp3) is 0.217. The van der Waals surface area contributed by atoms with E-state index in [1.165, 1.54) is 6.07 Å². The van der Waals surface area contributed by atoms with Crippen LogP contribution in [0.5, 0.6) is 5.75 Å². The minimum atomic E-state index is -0.193. The van der Waals surface area contributed by atoms with Gasteiger partial charge in [0.25, 0.3) is 11.5 Å². The molecule has 3 aromatic rings. The van der Waals surface area contributed by atoms with Crippen molar-refractivity contribution in [1.29, 1.82) is 0 Å². The van der Waals surface area contributed by atoms with Crippen molar-refractivity contribution in [1.82, 2.24) is 4.57 Å². The van der Waals surface area contributed by atoms with E-state index in [1.54, 1.807) is 29.0 Å². The summed E-state index contributed by atoms with van der Waals surface area (Å²) in [5.74, 6) is 0.912. The molecule has 0 fully saturated rings. The summed E-state index contributed by atoms with van der Waals surface area (Å²) in [6, 6.07) is 19.7. The van der Waals surface area contributed by atoms with Gasteiger partial charge in [0, 0.05) is 23.5 Å². The van der Waals surface area contributed by atoms with Gasteiger partial charge in [-0.05, 0) is 47.9 Å². The second-order valence-corrected chi connectivity index (χ2v) is 7.05. The van der Waals surface area contributed by atoms with Gasteiger partial charge in [-0.1, -0.05) is 38.1 Å². The Morgan fingerprint density at radius 3 is 2.54 bits per heavy atom. The molecule has 0 unspecified atom stereocenters. The van der Waals surface area contributed by atoms with Gasteiger partial charge >= 0.3 is 0 Å². The molecule has 1 heterocycles. The Morgan fingerprint density at radius 1 is 1.04 bits per heavy atom. The highest BCUT2D eigenvalue weighted by atomic mass is 16.5. The lowest BCUT2D eigenvalue weighted by Gasteiger charge is -2.11. The normalized spacial score (nSPS) is 10.7. The minimum absolute atomic E-state index is 0.0422. The van der Waals surface area contributed by atoms with Crippen molar-refractivity contribution in [3.63, 3.8) is 0 Å². The molecule has 1 amide bonds. The third-order valence-electron chi connectivity index (χ3n) is 4.14. The fourth-order valence-electron chi connectivity index (χ4n) is 2.67. The minimum Gasteiger partial charge on any atom is -0.493 e. The fourth-order valence-corrected chi connectivity index (χ4v) is 2.67. The monoisotopic (exact) mass is 376 g/mol. The lowest BCUT2D eigenvalue weighted by molar-refractivity contribution is 0.102. The quantitative estimate of drug-likeness (QED) is 0.673. The number of amides is 1. The highest BCUT2D eigenvalue weighted by Gasteiger charge is 2.08. The van der Waals surface area contributed by atoms with E-state index in [1.807, 2.05) is 42.5 Å². The Morgan fingerprint density at radius 2 is 1.82 bits per heavy atom. The molecule has 5 heteroatoms. The molecule has 0 aliphatic carbocycles. The Kier molecular flexibility index (Phi) is 6.27. The first-order chi connectivity index (χ1) is 13.5. The van der Waals surface area contributed by atoms with Crippen LogP contribution in [0.3, 0.4) is 0 Å². The van der Waals surface area contributed by atoms with Crippen LogP contribution in [-0.4, -0.2) is 17.1 Å². The van der Waals surface area contributed by atoms with Gasteiger partial charge in [-0.3, -0.25) is 9.59 Å². The molecule has 0 spiro atoms. The number of anilines is 1. The molecule has 144 valence electrons. The van der Waals surface area contributed by atoms with E-state index < -0.39 is 0 Å². The van der Waals surface area contributed by atoms with Gasteiger partial charge in [-0.25, -0.2) is 0 Å². The predicted molar refractivity (Wildman–Crippen MR) is 111 cm³/mol. The van der Waals surface area contributed by atoms with Crippen LogP contribution in [0.25, 0.3) is 0 Å². The second kappa shape index (κ2) is 9.04. The molecule has 1 N–H and O–H groups in total. The van der Waals surface area contributed by atoms with Gasteiger partial charge < -0.3 is 14.6 Å². The SMILES string of the molecule is CC(C)COc1cccc(C(=O)Nc2ccc(Cn3ccccc3=O)cc2)c1. The lowest BCUT2D eigenvalue weighted by atomic mass is 10.1. The Labute approximate surface area is 164 Å². The summed E-state index contributed by atoms with van der Waals surface area (Å²) in [5.41, 5.74) is 2.18. The van der Waals surface area contributed by atoms with Crippen LogP contribution in [-0.2, 0) is 6.54 Å². The molecule has 0 atom stereocenters. The molecule has 5 nitrogen and oxygen atoms in total. The molecule has 0 aliphatic rings. The first kappa shape index (κ1) is 19.4. The molecule has 2 aromatic carbocycles. The summed E-state index contributed by atoms with van der Waals surface area (Å²) >= 11 is 0. The number of nitrogens with one attached hydrogen (secondary N) is 1. The molecule has 0 bridgehead atoms. The van der Waals surface area contributed by atoms with E-state index in [9.17, 15) is 9.59 Å². The van der Waals surface area contributed by atoms with Crippen molar-refractivity contribution in [2.75, 3.05) is 11.9 Å². The highest BCUT2D eigenvalue weighted by Crippen LogP contribution is 2.17. The van der Waals surface area contributed by atoms with E-state index >= 15 is 0 Å². The highest BCUT2D eigenvalue weighted by molar-refractivity contribution is 6.04. The topological polar surface area (TPSA) is 60.3 Å². The number of carbonyl (C=O) groups excluding carboxylic acids is 1. The Balaban J connectivity index is 1.64. The molecule has 0 saturated heterocycles. The van der Waals surface area contributed by atoms with E-state index in [4.69, 9.17) is 4.74 Å². The Hall–Kier alpha value is -3.34. The number of nitrogens with zero attached hydrogens (tertiary/aromatic N) is 1. The number of rotatable bonds is 7. The summed E-state index contributed by atoms with van der Waals surface area (Å²) in [5, 5.41) is 2.89. The van der Waals surface area contributed by atoms with Gasteiger partial charge in [-0.2, -0.15) is 0 Å². The molecule has 0 radical (unpaired) electrons. The number of pyridine rings is 1. The standard InChI is InChI=1S/C23H24N2O3/c1-17(2)16-28-21-7-5-6-19(14-21)23(27)24-20-11-9-18(10-12-20)15-25-13-4-3-8-22(25)26/h3-14,17H,15-16H2,1-2H3,(H,24,27). The number of benzene rings is 2. The van der Waals surface area contributed by atoms with Crippen LogP contribution in [0.2, 0.25) is 0 Å². The average Bonchev–Trinajstić information content (AvgIpc) is 2.70. The summed E-state index contributed by atoms with van der Waals surface area (Å²) in [6.07, 6.45) is 1.76. The molecule has 0 saturated carbocycles. The van der Waals surface area contributed by atoms with Gasteiger partial charge in [0.15, 0.2) is 0 Å². The van der Waals surface area contributed by atoms with E-state index in [2.05, 4.69) is 19.2 Å². The summed E-state index contributed by atoms with van der Waals surface area (Å²) in [4.78, 5) is 24.3. The summed E-state index contributed by atoms with van der Waals surface area (Å²) in [7, 11) is 0. The van der Waals surface area contributed by atoms with Crippen LogP contribution < -0.4 is 15.6 Å². The maximum Gasteiger partial charge on any atom is 0.255 e. The van der Waals surface area contributed by atoms with Gasteiger partial charge in [0.1, 0.15) is 5.75 Å². The lowest BCUT2D eigenvalue weighted by Crippen LogP contribution is -2.18. The summed E-state index contributed by atoms with van der Waals surface area (Å²) in [6.45, 7) is 5.25. The number of carbonyl (C=O) groups is 1. The molecular formula is C23H24N2O3. The van der Waals surface area contributed by atoms with Crippen LogP contribution in [0.15, 0.2) is 77.7 Å². The average molecular weight is 376 g/mol.